The fourth-order valence-corrected chi connectivity index (χ4v) is 5.41. The zero-order valence-corrected chi connectivity index (χ0v) is 19.3. The third-order valence-corrected chi connectivity index (χ3v) is 7.53. The highest BCUT2D eigenvalue weighted by atomic mass is 32.2. The Morgan fingerprint density at radius 1 is 0.886 bits per heavy atom. The van der Waals surface area contributed by atoms with E-state index in [1.54, 1.807) is 54.3 Å². The third-order valence-electron chi connectivity index (χ3n) is 5.74. The molecular formula is C26H21N3O5S. The van der Waals surface area contributed by atoms with Crippen molar-refractivity contribution >= 4 is 37.9 Å². The molecule has 0 aliphatic rings. The van der Waals surface area contributed by atoms with Crippen molar-refractivity contribution in [3.8, 4) is 0 Å². The smallest absolute Gasteiger partial charge is 0.274 e. The third kappa shape index (κ3) is 4.52. The van der Waals surface area contributed by atoms with E-state index in [0.29, 0.717) is 16.7 Å². The number of benzene rings is 3. The number of hydroxylamine groups is 1. The van der Waals surface area contributed by atoms with E-state index in [1.807, 2.05) is 30.3 Å². The van der Waals surface area contributed by atoms with Crippen LogP contribution in [0.2, 0.25) is 0 Å². The van der Waals surface area contributed by atoms with Crippen molar-refractivity contribution in [1.82, 2.24) is 14.8 Å². The van der Waals surface area contributed by atoms with E-state index < -0.39 is 15.9 Å². The van der Waals surface area contributed by atoms with Gasteiger partial charge in [-0.2, -0.15) is 4.31 Å². The molecule has 0 bridgehead atoms. The van der Waals surface area contributed by atoms with E-state index in [2.05, 4.69) is 4.98 Å². The first-order valence-electron chi connectivity index (χ1n) is 10.8. The number of sulfonamides is 1. The molecule has 2 N–H and O–H groups in total. The summed E-state index contributed by atoms with van der Waals surface area (Å²) in [4.78, 5) is 15.9. The topological polar surface area (TPSA) is 113 Å². The predicted molar refractivity (Wildman–Crippen MR) is 130 cm³/mol. The minimum atomic E-state index is -3.92. The molecule has 0 saturated heterocycles. The molecule has 2 heterocycles. The van der Waals surface area contributed by atoms with E-state index in [0.717, 1.165) is 16.3 Å². The molecule has 0 aliphatic carbocycles. The molecule has 5 rings (SSSR count). The van der Waals surface area contributed by atoms with E-state index in [9.17, 15) is 13.2 Å². The first-order chi connectivity index (χ1) is 17.0. The molecule has 0 atom stereocenters. The van der Waals surface area contributed by atoms with Crippen molar-refractivity contribution in [3.05, 3.63) is 108 Å². The van der Waals surface area contributed by atoms with Gasteiger partial charge in [-0.05, 0) is 53.6 Å². The number of hydrogen-bond acceptors (Lipinski definition) is 6. The normalized spacial score (nSPS) is 11.8. The summed E-state index contributed by atoms with van der Waals surface area (Å²) in [5.74, 6) is -0.642. The van der Waals surface area contributed by atoms with Gasteiger partial charge in [0.05, 0.1) is 4.90 Å². The average Bonchev–Trinajstić information content (AvgIpc) is 3.27. The molecule has 2 aromatic heterocycles. The lowest BCUT2D eigenvalue weighted by Crippen LogP contribution is -2.30. The van der Waals surface area contributed by atoms with Crippen LogP contribution in [0.15, 0.2) is 101 Å². The van der Waals surface area contributed by atoms with Crippen LogP contribution in [-0.2, 0) is 23.1 Å². The first kappa shape index (κ1) is 22.7. The SMILES string of the molecule is O=C(NO)c1ccc(CN(Cc2cccnc2)S(=O)(=O)c2ccc3oc4ccccc4c3c2)cc1. The Morgan fingerprint density at radius 2 is 1.63 bits per heavy atom. The molecule has 0 radical (unpaired) electrons. The van der Waals surface area contributed by atoms with Gasteiger partial charge in [0.15, 0.2) is 0 Å². The summed E-state index contributed by atoms with van der Waals surface area (Å²) in [7, 11) is -3.92. The van der Waals surface area contributed by atoms with Gasteiger partial charge in [-0.1, -0.05) is 36.4 Å². The molecule has 0 aliphatic heterocycles. The van der Waals surface area contributed by atoms with Crippen LogP contribution in [0.1, 0.15) is 21.5 Å². The molecule has 8 nitrogen and oxygen atoms in total. The quantitative estimate of drug-likeness (QED) is 0.258. The number of para-hydroxylation sites is 1. The second-order valence-corrected chi connectivity index (χ2v) is 9.97. The molecule has 176 valence electrons. The maximum absolute atomic E-state index is 13.8. The van der Waals surface area contributed by atoms with Crippen molar-refractivity contribution in [3.63, 3.8) is 0 Å². The molecular weight excluding hydrogens is 466 g/mol. The van der Waals surface area contributed by atoms with Crippen LogP contribution in [0.5, 0.6) is 0 Å². The lowest BCUT2D eigenvalue weighted by molar-refractivity contribution is 0.0706. The number of carbonyl (C=O) groups is 1. The standard InChI is InChI=1S/C26H21N3O5S/c30-26(28-31)20-9-7-18(8-10-20)16-29(17-19-4-3-13-27-15-19)35(32,33)21-11-12-25-23(14-21)22-5-1-2-6-24(22)34-25/h1-15,31H,16-17H2,(H,28,30). The largest absolute Gasteiger partial charge is 0.456 e. The van der Waals surface area contributed by atoms with Gasteiger partial charge >= 0.3 is 0 Å². The van der Waals surface area contributed by atoms with Crippen LogP contribution >= 0.6 is 0 Å². The number of furan rings is 1. The van der Waals surface area contributed by atoms with Gasteiger partial charge in [-0.3, -0.25) is 15.0 Å². The van der Waals surface area contributed by atoms with Gasteiger partial charge in [0.2, 0.25) is 10.0 Å². The molecule has 0 unspecified atom stereocenters. The highest BCUT2D eigenvalue weighted by Gasteiger charge is 2.26. The number of nitrogens with one attached hydrogen (secondary N) is 1. The zero-order chi connectivity index (χ0) is 24.4. The van der Waals surface area contributed by atoms with Gasteiger partial charge in [0, 0.05) is 41.8 Å². The molecule has 35 heavy (non-hydrogen) atoms. The fourth-order valence-electron chi connectivity index (χ4n) is 3.97. The van der Waals surface area contributed by atoms with Crippen molar-refractivity contribution in [2.45, 2.75) is 18.0 Å². The summed E-state index contributed by atoms with van der Waals surface area (Å²) in [6.45, 7) is 0.182. The highest BCUT2D eigenvalue weighted by molar-refractivity contribution is 7.89. The Morgan fingerprint density at radius 3 is 2.37 bits per heavy atom. The maximum atomic E-state index is 13.8. The number of carbonyl (C=O) groups excluding carboxylic acids is 1. The van der Waals surface area contributed by atoms with E-state index in [-0.39, 0.29) is 23.5 Å². The second-order valence-electron chi connectivity index (χ2n) is 8.03. The van der Waals surface area contributed by atoms with Crippen LogP contribution in [0.4, 0.5) is 0 Å². The Labute approximate surface area is 201 Å². The van der Waals surface area contributed by atoms with E-state index in [1.165, 1.54) is 16.4 Å². The van der Waals surface area contributed by atoms with Gasteiger partial charge in [0.1, 0.15) is 11.2 Å². The number of amides is 1. The average molecular weight is 488 g/mol. The number of pyridine rings is 1. The summed E-state index contributed by atoms with van der Waals surface area (Å²) in [5.41, 5.74) is 4.57. The number of hydrogen-bond donors (Lipinski definition) is 2. The Bertz CT molecular complexity index is 1610. The molecule has 0 spiro atoms. The van der Waals surface area contributed by atoms with Crippen LogP contribution in [-0.4, -0.2) is 28.8 Å². The van der Waals surface area contributed by atoms with E-state index in [4.69, 9.17) is 9.62 Å². The van der Waals surface area contributed by atoms with Gasteiger partial charge in [-0.15, -0.1) is 0 Å². The summed E-state index contributed by atoms with van der Waals surface area (Å²) in [6.07, 6.45) is 3.26. The lowest BCUT2D eigenvalue weighted by atomic mass is 10.1. The van der Waals surface area contributed by atoms with Crippen LogP contribution in [0.25, 0.3) is 21.9 Å². The monoisotopic (exact) mass is 487 g/mol. The Kier molecular flexibility index (Phi) is 6.04. The van der Waals surface area contributed by atoms with Gasteiger partial charge in [0.25, 0.3) is 5.91 Å². The van der Waals surface area contributed by atoms with Gasteiger partial charge < -0.3 is 4.42 Å². The molecule has 1 amide bonds. The number of fused-ring (bicyclic) bond motifs is 3. The van der Waals surface area contributed by atoms with Crippen LogP contribution in [0.3, 0.4) is 0 Å². The molecule has 0 fully saturated rings. The first-order valence-corrected chi connectivity index (χ1v) is 12.2. The predicted octanol–water partition coefficient (Wildman–Crippen LogP) is 4.49. The number of rotatable bonds is 7. The van der Waals surface area contributed by atoms with Crippen molar-refractivity contribution in [1.29, 1.82) is 0 Å². The number of aromatic nitrogens is 1. The van der Waals surface area contributed by atoms with E-state index >= 15 is 0 Å². The minimum Gasteiger partial charge on any atom is -0.456 e. The molecule has 3 aromatic carbocycles. The van der Waals surface area contributed by atoms with Crippen LogP contribution < -0.4 is 5.48 Å². The van der Waals surface area contributed by atoms with Crippen molar-refractivity contribution in [2.75, 3.05) is 0 Å². The molecule has 5 aromatic rings. The van der Waals surface area contributed by atoms with Crippen molar-refractivity contribution < 1.29 is 22.8 Å². The molecule has 0 saturated carbocycles. The summed E-state index contributed by atoms with van der Waals surface area (Å²) in [6, 6.07) is 22.3. The Balaban J connectivity index is 1.54. The van der Waals surface area contributed by atoms with Crippen LogP contribution in [0, 0.1) is 0 Å². The number of nitrogens with zero attached hydrogens (tertiary/aromatic N) is 2. The zero-order valence-electron chi connectivity index (χ0n) is 18.5. The summed E-state index contributed by atoms with van der Waals surface area (Å²) in [5, 5.41) is 10.4. The summed E-state index contributed by atoms with van der Waals surface area (Å²) < 4.78 is 34.9. The van der Waals surface area contributed by atoms with Crippen molar-refractivity contribution in [2.24, 2.45) is 0 Å². The second kappa shape index (κ2) is 9.30. The summed E-state index contributed by atoms with van der Waals surface area (Å²) >= 11 is 0. The Hall–Kier alpha value is -4.05. The lowest BCUT2D eigenvalue weighted by Gasteiger charge is -2.22. The minimum absolute atomic E-state index is 0.0718. The highest BCUT2D eigenvalue weighted by Crippen LogP contribution is 2.31. The molecule has 9 heteroatoms. The van der Waals surface area contributed by atoms with Gasteiger partial charge in [-0.25, -0.2) is 13.9 Å². The fraction of sp³-hybridized carbons (Fsp3) is 0.0769. The maximum Gasteiger partial charge on any atom is 0.274 e.